The molecular formula is C13H23N3. The molecule has 0 aromatic carbocycles. The molecule has 0 aliphatic heterocycles. The van der Waals surface area contributed by atoms with E-state index in [0.717, 1.165) is 12.3 Å². The van der Waals surface area contributed by atoms with Crippen molar-refractivity contribution in [1.29, 1.82) is 0 Å². The molecule has 0 fully saturated rings. The summed E-state index contributed by atoms with van der Waals surface area (Å²) < 4.78 is 0. The van der Waals surface area contributed by atoms with Crippen LogP contribution in [0.4, 0.5) is 0 Å². The zero-order valence-electron chi connectivity index (χ0n) is 10.5. The van der Waals surface area contributed by atoms with Crippen LogP contribution in [0.1, 0.15) is 50.3 Å². The lowest BCUT2D eigenvalue weighted by atomic mass is 9.97. The summed E-state index contributed by atoms with van der Waals surface area (Å²) in [6.07, 6.45) is 7.25. The van der Waals surface area contributed by atoms with Gasteiger partial charge in [-0.05, 0) is 36.5 Å². The Morgan fingerprint density at radius 3 is 2.69 bits per heavy atom. The summed E-state index contributed by atoms with van der Waals surface area (Å²) in [5, 5.41) is 0. The monoisotopic (exact) mass is 221 g/mol. The van der Waals surface area contributed by atoms with Crippen LogP contribution >= 0.6 is 0 Å². The van der Waals surface area contributed by atoms with Gasteiger partial charge in [-0.25, -0.2) is 0 Å². The van der Waals surface area contributed by atoms with Crippen molar-refractivity contribution < 1.29 is 0 Å². The average molecular weight is 221 g/mol. The molecule has 1 heterocycles. The fourth-order valence-electron chi connectivity index (χ4n) is 1.90. The molecule has 0 radical (unpaired) electrons. The second kappa shape index (κ2) is 6.61. The minimum atomic E-state index is 0.229. The molecule has 0 saturated heterocycles. The fraction of sp³-hybridized carbons (Fsp3) is 0.615. The van der Waals surface area contributed by atoms with Gasteiger partial charge >= 0.3 is 0 Å². The Bertz CT molecular complexity index is 310. The molecule has 0 amide bonds. The van der Waals surface area contributed by atoms with Gasteiger partial charge in [0.25, 0.3) is 0 Å². The highest BCUT2D eigenvalue weighted by Gasteiger charge is 2.11. The van der Waals surface area contributed by atoms with Crippen molar-refractivity contribution in [3.63, 3.8) is 0 Å². The van der Waals surface area contributed by atoms with Crippen molar-refractivity contribution in [1.82, 2.24) is 10.4 Å². The summed E-state index contributed by atoms with van der Waals surface area (Å²) in [6, 6.07) is 2.26. The van der Waals surface area contributed by atoms with E-state index in [9.17, 15) is 0 Å². The van der Waals surface area contributed by atoms with E-state index >= 15 is 0 Å². The molecule has 1 atom stereocenters. The normalized spacial score (nSPS) is 13.1. The molecule has 3 N–H and O–H groups in total. The highest BCUT2D eigenvalue weighted by atomic mass is 15.2. The van der Waals surface area contributed by atoms with Crippen molar-refractivity contribution in [3.05, 3.63) is 29.6 Å². The Labute approximate surface area is 98.4 Å². The van der Waals surface area contributed by atoms with E-state index in [4.69, 9.17) is 5.84 Å². The lowest BCUT2D eigenvalue weighted by molar-refractivity contribution is 0.453. The van der Waals surface area contributed by atoms with Gasteiger partial charge in [0, 0.05) is 18.4 Å². The Hall–Kier alpha value is -0.930. The Morgan fingerprint density at radius 2 is 2.12 bits per heavy atom. The number of aromatic nitrogens is 1. The molecule has 90 valence electrons. The highest BCUT2D eigenvalue weighted by molar-refractivity contribution is 5.24. The number of hydrogen-bond donors (Lipinski definition) is 2. The molecule has 1 rings (SSSR count). The van der Waals surface area contributed by atoms with Gasteiger partial charge in [-0.3, -0.25) is 16.3 Å². The van der Waals surface area contributed by atoms with Crippen molar-refractivity contribution in [2.45, 2.75) is 46.1 Å². The number of nitrogens with two attached hydrogens (primary N) is 1. The van der Waals surface area contributed by atoms with Gasteiger partial charge in [0.1, 0.15) is 0 Å². The molecule has 0 aliphatic rings. The van der Waals surface area contributed by atoms with Crippen LogP contribution in [0.3, 0.4) is 0 Å². The van der Waals surface area contributed by atoms with Crippen LogP contribution in [0.2, 0.25) is 0 Å². The van der Waals surface area contributed by atoms with E-state index in [1.165, 1.54) is 24.0 Å². The smallest absolute Gasteiger partial charge is 0.0477 e. The maximum atomic E-state index is 5.61. The van der Waals surface area contributed by atoms with Crippen LogP contribution < -0.4 is 11.3 Å². The van der Waals surface area contributed by atoms with Crippen LogP contribution in [-0.4, -0.2) is 4.98 Å². The zero-order chi connectivity index (χ0) is 12.0. The average Bonchev–Trinajstić information content (AvgIpc) is 2.25. The van der Waals surface area contributed by atoms with Crippen molar-refractivity contribution >= 4 is 0 Å². The van der Waals surface area contributed by atoms with E-state index in [1.807, 2.05) is 18.5 Å². The van der Waals surface area contributed by atoms with Gasteiger partial charge in [0.2, 0.25) is 0 Å². The molecule has 0 aliphatic carbocycles. The largest absolute Gasteiger partial charge is 0.271 e. The first-order valence-electron chi connectivity index (χ1n) is 6.01. The second-order valence-electron chi connectivity index (χ2n) is 4.78. The first-order valence-corrected chi connectivity index (χ1v) is 6.01. The van der Waals surface area contributed by atoms with Gasteiger partial charge in [0.05, 0.1) is 0 Å². The number of hydrazine groups is 1. The Morgan fingerprint density at radius 1 is 1.38 bits per heavy atom. The predicted molar refractivity (Wildman–Crippen MR) is 67.7 cm³/mol. The molecule has 1 unspecified atom stereocenters. The van der Waals surface area contributed by atoms with Crippen LogP contribution in [0, 0.1) is 12.8 Å². The topological polar surface area (TPSA) is 50.9 Å². The lowest BCUT2D eigenvalue weighted by Gasteiger charge is -2.18. The molecule has 0 bridgehead atoms. The molecule has 3 nitrogen and oxygen atoms in total. The third-order valence-corrected chi connectivity index (χ3v) is 2.93. The van der Waals surface area contributed by atoms with E-state index in [1.54, 1.807) is 0 Å². The highest BCUT2D eigenvalue weighted by Crippen LogP contribution is 2.21. The fourth-order valence-corrected chi connectivity index (χ4v) is 1.90. The molecular weight excluding hydrogens is 198 g/mol. The van der Waals surface area contributed by atoms with Gasteiger partial charge in [-0.1, -0.05) is 26.7 Å². The molecule has 1 aromatic rings. The first-order chi connectivity index (χ1) is 7.65. The molecule has 0 saturated carbocycles. The van der Waals surface area contributed by atoms with Gasteiger partial charge in [-0.2, -0.15) is 0 Å². The molecule has 16 heavy (non-hydrogen) atoms. The van der Waals surface area contributed by atoms with Crippen molar-refractivity contribution in [2.75, 3.05) is 0 Å². The van der Waals surface area contributed by atoms with E-state index in [0.29, 0.717) is 0 Å². The number of hydrogen-bond acceptors (Lipinski definition) is 3. The maximum Gasteiger partial charge on any atom is 0.0477 e. The third kappa shape index (κ3) is 3.91. The number of nitrogens with one attached hydrogen (secondary N) is 1. The summed E-state index contributed by atoms with van der Waals surface area (Å²) in [5.41, 5.74) is 5.36. The van der Waals surface area contributed by atoms with Crippen molar-refractivity contribution in [2.24, 2.45) is 11.8 Å². The summed E-state index contributed by atoms with van der Waals surface area (Å²) in [6.45, 7) is 6.60. The first kappa shape index (κ1) is 13.1. The Balaban J connectivity index is 2.57. The van der Waals surface area contributed by atoms with Crippen LogP contribution in [0.5, 0.6) is 0 Å². The van der Waals surface area contributed by atoms with E-state index < -0.39 is 0 Å². The summed E-state index contributed by atoms with van der Waals surface area (Å²) in [5.74, 6) is 6.37. The predicted octanol–water partition coefficient (Wildman–Crippen LogP) is 2.72. The zero-order valence-corrected chi connectivity index (χ0v) is 10.5. The van der Waals surface area contributed by atoms with Gasteiger partial charge in [-0.15, -0.1) is 0 Å². The molecule has 1 aromatic heterocycles. The third-order valence-electron chi connectivity index (χ3n) is 2.93. The maximum absolute atomic E-state index is 5.61. The van der Waals surface area contributed by atoms with E-state index in [2.05, 4.69) is 31.2 Å². The minimum Gasteiger partial charge on any atom is -0.271 e. The summed E-state index contributed by atoms with van der Waals surface area (Å²) in [4.78, 5) is 4.16. The standard InChI is InChI=1S/C13H23N3/c1-10(2)5-4-6-13(16-14)12-9-15-8-7-11(12)3/h7-10,13,16H,4-6,14H2,1-3H3. The second-order valence-corrected chi connectivity index (χ2v) is 4.78. The molecule has 0 spiro atoms. The number of nitrogens with zero attached hydrogens (tertiary/aromatic N) is 1. The number of pyridine rings is 1. The SMILES string of the molecule is Cc1ccncc1C(CCCC(C)C)NN. The quantitative estimate of drug-likeness (QED) is 0.573. The van der Waals surface area contributed by atoms with Crippen LogP contribution in [0.25, 0.3) is 0 Å². The summed E-state index contributed by atoms with van der Waals surface area (Å²) in [7, 11) is 0. The number of rotatable bonds is 6. The van der Waals surface area contributed by atoms with Crippen molar-refractivity contribution in [3.8, 4) is 0 Å². The van der Waals surface area contributed by atoms with Crippen LogP contribution in [0.15, 0.2) is 18.5 Å². The minimum absolute atomic E-state index is 0.229. The van der Waals surface area contributed by atoms with Gasteiger partial charge in [0.15, 0.2) is 0 Å². The molecule has 3 heteroatoms. The summed E-state index contributed by atoms with van der Waals surface area (Å²) >= 11 is 0. The van der Waals surface area contributed by atoms with Gasteiger partial charge < -0.3 is 0 Å². The lowest BCUT2D eigenvalue weighted by Crippen LogP contribution is -2.28. The van der Waals surface area contributed by atoms with E-state index in [-0.39, 0.29) is 6.04 Å². The van der Waals surface area contributed by atoms with Crippen LogP contribution in [-0.2, 0) is 0 Å². The number of aryl methyl sites for hydroxylation is 1. The Kier molecular flexibility index (Phi) is 5.43.